The molecule has 37 heavy (non-hydrogen) atoms. The largest absolute Gasteiger partial charge is 0.481 e. The van der Waals surface area contributed by atoms with Crippen LogP contribution in [0.3, 0.4) is 0 Å². The Balaban J connectivity index is 1.16. The van der Waals surface area contributed by atoms with E-state index in [2.05, 4.69) is 37.6 Å². The number of carbonyl (C=O) groups is 2. The second-order valence-corrected chi connectivity index (χ2v) is 10.0. The fourth-order valence-electron chi connectivity index (χ4n) is 5.30. The minimum absolute atomic E-state index is 0.117. The summed E-state index contributed by atoms with van der Waals surface area (Å²) in [5.41, 5.74) is 4.28. The summed E-state index contributed by atoms with van der Waals surface area (Å²) in [6.45, 7) is 3.54. The van der Waals surface area contributed by atoms with Gasteiger partial charge < -0.3 is 20.6 Å². The first-order valence-electron chi connectivity index (χ1n) is 13.2. The number of hydrogen-bond acceptors (Lipinski definition) is 7. The first-order valence-corrected chi connectivity index (χ1v) is 13.2. The molecule has 0 aliphatic carbocycles. The van der Waals surface area contributed by atoms with E-state index < -0.39 is 12.0 Å². The van der Waals surface area contributed by atoms with Crippen molar-refractivity contribution in [1.29, 1.82) is 0 Å². The van der Waals surface area contributed by atoms with Gasteiger partial charge in [-0.3, -0.25) is 14.6 Å². The van der Waals surface area contributed by atoms with Gasteiger partial charge in [-0.1, -0.05) is 18.2 Å². The van der Waals surface area contributed by atoms with Gasteiger partial charge in [0.05, 0.1) is 41.3 Å². The van der Waals surface area contributed by atoms with Crippen LogP contribution in [0.4, 0.5) is 5.82 Å². The third-order valence-electron chi connectivity index (χ3n) is 7.25. The number of likely N-dealkylation sites (tertiary alicyclic amines) is 1. The van der Waals surface area contributed by atoms with Gasteiger partial charge >= 0.3 is 5.97 Å². The van der Waals surface area contributed by atoms with Crippen molar-refractivity contribution in [3.63, 3.8) is 0 Å². The smallest absolute Gasteiger partial charge is 0.305 e. The number of carboxylic acid groups (broad SMARTS) is 1. The van der Waals surface area contributed by atoms with Crippen molar-refractivity contribution in [3.8, 4) is 0 Å². The monoisotopic (exact) mass is 502 g/mol. The number of nitrogens with one attached hydrogen (secondary N) is 2. The molecule has 0 radical (unpaired) electrons. The Kier molecular flexibility index (Phi) is 7.89. The molecule has 2 aliphatic rings. The minimum Gasteiger partial charge on any atom is -0.481 e. The molecule has 9 heteroatoms. The van der Waals surface area contributed by atoms with Gasteiger partial charge in [-0.2, -0.15) is 0 Å². The lowest BCUT2D eigenvalue weighted by Gasteiger charge is -2.32. The van der Waals surface area contributed by atoms with Crippen LogP contribution in [0.1, 0.15) is 55.1 Å². The zero-order valence-electron chi connectivity index (χ0n) is 21.0. The highest BCUT2D eigenvalue weighted by Gasteiger charge is 2.29. The number of rotatable bonds is 9. The number of para-hydroxylation sites is 2. The summed E-state index contributed by atoms with van der Waals surface area (Å²) in [5, 5.41) is 15.8. The molecule has 1 fully saturated rings. The van der Waals surface area contributed by atoms with Crippen LogP contribution in [0.5, 0.6) is 0 Å². The van der Waals surface area contributed by atoms with Gasteiger partial charge in [0.1, 0.15) is 5.82 Å². The van der Waals surface area contributed by atoms with Crippen LogP contribution >= 0.6 is 0 Å². The third-order valence-corrected chi connectivity index (χ3v) is 7.25. The van der Waals surface area contributed by atoms with Gasteiger partial charge in [0.2, 0.25) is 5.91 Å². The fourth-order valence-corrected chi connectivity index (χ4v) is 5.30. The van der Waals surface area contributed by atoms with Gasteiger partial charge in [-0.05, 0) is 75.4 Å². The molecule has 1 saturated heterocycles. The molecule has 9 nitrogen and oxygen atoms in total. The normalized spacial score (nSPS) is 18.5. The van der Waals surface area contributed by atoms with Gasteiger partial charge in [-0.15, -0.1) is 0 Å². The summed E-state index contributed by atoms with van der Waals surface area (Å²) in [4.78, 5) is 40.9. The average Bonchev–Trinajstić information content (AvgIpc) is 2.92. The van der Waals surface area contributed by atoms with Crippen LogP contribution in [0, 0.1) is 5.92 Å². The van der Waals surface area contributed by atoms with Crippen LogP contribution in [-0.2, 0) is 22.4 Å². The molecular formula is C28H34N6O3. The molecule has 0 bridgehead atoms. The number of piperidine rings is 1. The van der Waals surface area contributed by atoms with Gasteiger partial charge in [0.25, 0.3) is 0 Å². The van der Waals surface area contributed by atoms with E-state index >= 15 is 0 Å². The summed E-state index contributed by atoms with van der Waals surface area (Å²) < 4.78 is 0. The predicted octanol–water partition coefficient (Wildman–Crippen LogP) is 3.36. The molecule has 0 spiro atoms. The standard InChI is InChI=1S/C28H34N6O3/c35-26(36)16-24(25-17-30-22-9-1-2-10-23(22)32-25)33-28(37)20-7-4-14-34(18-20)15-5-8-21-12-11-19-6-3-13-29-27(19)31-21/h1-2,9-12,17,20,24H,3-8,13-16,18H2,(H,29,31)(H,33,37)(H,35,36)/t20-,24+/m1/s1. The van der Waals surface area contributed by atoms with E-state index in [0.29, 0.717) is 17.8 Å². The van der Waals surface area contributed by atoms with Crippen molar-refractivity contribution in [2.45, 2.75) is 51.0 Å². The summed E-state index contributed by atoms with van der Waals surface area (Å²) >= 11 is 0. The maximum absolute atomic E-state index is 13.2. The molecular weight excluding hydrogens is 468 g/mol. The Labute approximate surface area is 216 Å². The van der Waals surface area contributed by atoms with Crippen molar-refractivity contribution < 1.29 is 14.7 Å². The van der Waals surface area contributed by atoms with Crippen LogP contribution in [0.2, 0.25) is 0 Å². The number of aromatic nitrogens is 3. The highest BCUT2D eigenvalue weighted by Crippen LogP contribution is 2.23. The third kappa shape index (κ3) is 6.40. The number of aliphatic carboxylic acids is 1. The molecule has 1 aromatic carbocycles. The molecule has 2 aliphatic heterocycles. The topological polar surface area (TPSA) is 120 Å². The van der Waals surface area contributed by atoms with E-state index in [4.69, 9.17) is 4.98 Å². The molecule has 194 valence electrons. The zero-order chi connectivity index (χ0) is 25.6. The van der Waals surface area contributed by atoms with E-state index in [1.165, 1.54) is 5.56 Å². The zero-order valence-corrected chi connectivity index (χ0v) is 21.0. The van der Waals surface area contributed by atoms with E-state index in [9.17, 15) is 14.7 Å². The second kappa shape index (κ2) is 11.6. The van der Waals surface area contributed by atoms with Gasteiger partial charge in [0.15, 0.2) is 0 Å². The lowest BCUT2D eigenvalue weighted by molar-refractivity contribution is -0.138. The number of benzene rings is 1. The quantitative estimate of drug-likeness (QED) is 0.407. The number of hydrogen-bond donors (Lipinski definition) is 3. The lowest BCUT2D eigenvalue weighted by atomic mass is 9.96. The Morgan fingerprint density at radius 2 is 2.00 bits per heavy atom. The fraction of sp³-hybridized carbons (Fsp3) is 0.464. The summed E-state index contributed by atoms with van der Waals surface area (Å²) in [6, 6.07) is 11.0. The number of aryl methyl sites for hydroxylation is 2. The van der Waals surface area contributed by atoms with Crippen LogP contribution < -0.4 is 10.6 Å². The van der Waals surface area contributed by atoms with Gasteiger partial charge in [-0.25, -0.2) is 9.97 Å². The second-order valence-electron chi connectivity index (χ2n) is 10.0. The Morgan fingerprint density at radius 1 is 1.14 bits per heavy atom. The maximum Gasteiger partial charge on any atom is 0.305 e. The molecule has 5 rings (SSSR count). The Morgan fingerprint density at radius 3 is 2.86 bits per heavy atom. The first-order chi connectivity index (χ1) is 18.0. The van der Waals surface area contributed by atoms with Crippen molar-refractivity contribution in [3.05, 3.63) is 59.5 Å². The number of carboxylic acids is 1. The Bertz CT molecular complexity index is 1270. The average molecular weight is 503 g/mol. The summed E-state index contributed by atoms with van der Waals surface area (Å²) in [5.74, 6) is -0.250. The number of anilines is 1. The van der Waals surface area contributed by atoms with E-state index in [-0.39, 0.29) is 18.2 Å². The van der Waals surface area contributed by atoms with Crippen molar-refractivity contribution in [2.24, 2.45) is 5.92 Å². The molecule has 3 aromatic rings. The highest BCUT2D eigenvalue weighted by atomic mass is 16.4. The van der Waals surface area contributed by atoms with Crippen molar-refractivity contribution >= 4 is 28.7 Å². The predicted molar refractivity (Wildman–Crippen MR) is 141 cm³/mol. The molecule has 3 N–H and O–H groups in total. The number of nitrogens with zero attached hydrogens (tertiary/aromatic N) is 4. The molecule has 4 heterocycles. The lowest BCUT2D eigenvalue weighted by Crippen LogP contribution is -2.44. The molecule has 0 unspecified atom stereocenters. The van der Waals surface area contributed by atoms with E-state index in [1.54, 1.807) is 6.20 Å². The maximum atomic E-state index is 13.2. The molecule has 0 saturated carbocycles. The van der Waals surface area contributed by atoms with Gasteiger partial charge in [0, 0.05) is 18.8 Å². The van der Waals surface area contributed by atoms with Crippen LogP contribution in [0.15, 0.2) is 42.6 Å². The number of pyridine rings is 1. The van der Waals surface area contributed by atoms with E-state index in [0.717, 1.165) is 75.2 Å². The summed E-state index contributed by atoms with van der Waals surface area (Å²) in [6.07, 6.45) is 7.20. The van der Waals surface area contributed by atoms with Crippen LogP contribution in [0.25, 0.3) is 11.0 Å². The summed E-state index contributed by atoms with van der Waals surface area (Å²) in [7, 11) is 0. The highest BCUT2D eigenvalue weighted by molar-refractivity contribution is 5.80. The number of amides is 1. The number of carbonyl (C=O) groups excluding carboxylic acids is 1. The minimum atomic E-state index is -0.989. The molecule has 1 amide bonds. The van der Waals surface area contributed by atoms with Crippen LogP contribution in [-0.4, -0.2) is 63.0 Å². The van der Waals surface area contributed by atoms with E-state index in [1.807, 2.05) is 24.3 Å². The first kappa shape index (κ1) is 25.1. The number of fused-ring (bicyclic) bond motifs is 2. The Hall–Kier alpha value is -3.59. The van der Waals surface area contributed by atoms with Crippen molar-refractivity contribution in [1.82, 2.24) is 25.2 Å². The molecule has 2 atom stereocenters. The molecule has 2 aromatic heterocycles. The SMILES string of the molecule is O=C(O)C[C@H](NC(=O)[C@@H]1CCCN(CCCc2ccc3c(n2)NCCC3)C1)c1cnc2ccccc2n1. The van der Waals surface area contributed by atoms with Crippen molar-refractivity contribution in [2.75, 3.05) is 31.5 Å².